The van der Waals surface area contributed by atoms with Crippen molar-refractivity contribution in [2.24, 2.45) is 11.3 Å². The van der Waals surface area contributed by atoms with Crippen LogP contribution in [0.1, 0.15) is 60.8 Å². The molecule has 0 spiro atoms. The molecule has 1 heterocycles. The minimum absolute atomic E-state index is 0.0168. The van der Waals surface area contributed by atoms with Gasteiger partial charge in [-0.2, -0.15) is 0 Å². The highest BCUT2D eigenvalue weighted by Gasteiger charge is 2.39. The van der Waals surface area contributed by atoms with Crippen LogP contribution in [0.2, 0.25) is 0 Å². The van der Waals surface area contributed by atoms with Gasteiger partial charge in [-0.1, -0.05) is 34.6 Å². The predicted molar refractivity (Wildman–Crippen MR) is 81.2 cm³/mol. The lowest BCUT2D eigenvalue weighted by molar-refractivity contribution is -0.138. The fourth-order valence-corrected chi connectivity index (χ4v) is 2.55. The second-order valence-electron chi connectivity index (χ2n) is 7.47. The van der Waals surface area contributed by atoms with Crippen molar-refractivity contribution < 1.29 is 9.59 Å². The van der Waals surface area contributed by atoms with Crippen molar-refractivity contribution in [3.63, 3.8) is 0 Å². The molecule has 1 aliphatic heterocycles. The van der Waals surface area contributed by atoms with E-state index in [1.165, 1.54) is 0 Å². The zero-order valence-corrected chi connectivity index (χ0v) is 13.8. The lowest BCUT2D eigenvalue weighted by atomic mass is 9.85. The largest absolute Gasteiger partial charge is 0.344 e. The van der Waals surface area contributed by atoms with Gasteiger partial charge in [0.25, 0.3) is 0 Å². The van der Waals surface area contributed by atoms with Crippen molar-refractivity contribution in [3.8, 4) is 0 Å². The first-order chi connectivity index (χ1) is 9.12. The molecule has 4 nitrogen and oxygen atoms in total. The van der Waals surface area contributed by atoms with Crippen LogP contribution in [0.5, 0.6) is 0 Å². The van der Waals surface area contributed by atoms with Gasteiger partial charge in [-0.15, -0.1) is 0 Å². The van der Waals surface area contributed by atoms with Crippen molar-refractivity contribution in [2.45, 2.75) is 72.9 Å². The highest BCUT2D eigenvalue weighted by molar-refractivity contribution is 5.90. The summed E-state index contributed by atoms with van der Waals surface area (Å²) >= 11 is 0. The molecular weight excluding hydrogens is 252 g/mol. The molecule has 2 atom stereocenters. The van der Waals surface area contributed by atoms with Gasteiger partial charge in [0.05, 0.1) is 0 Å². The van der Waals surface area contributed by atoms with Crippen LogP contribution in [-0.4, -0.2) is 35.3 Å². The Bertz CT molecular complexity index is 358. The molecule has 0 saturated carbocycles. The Morgan fingerprint density at radius 1 is 1.20 bits per heavy atom. The van der Waals surface area contributed by atoms with E-state index in [1.807, 2.05) is 25.7 Å². The molecule has 2 amide bonds. The van der Waals surface area contributed by atoms with Crippen molar-refractivity contribution in [1.29, 1.82) is 0 Å². The Hall–Kier alpha value is -1.06. The molecule has 4 heteroatoms. The number of hydrogen-bond donors (Lipinski definition) is 1. The van der Waals surface area contributed by atoms with E-state index in [2.05, 4.69) is 26.1 Å². The summed E-state index contributed by atoms with van der Waals surface area (Å²) in [4.78, 5) is 26.5. The number of nitrogens with zero attached hydrogens (tertiary/aromatic N) is 1. The molecule has 0 aliphatic carbocycles. The normalized spacial score (nSPS) is 22.8. The average Bonchev–Trinajstić information content (AvgIpc) is 2.45. The highest BCUT2D eigenvalue weighted by Crippen LogP contribution is 2.25. The first-order valence-electron chi connectivity index (χ1n) is 7.72. The quantitative estimate of drug-likeness (QED) is 0.861. The smallest absolute Gasteiger partial charge is 0.245 e. The molecule has 0 aromatic rings. The van der Waals surface area contributed by atoms with Crippen molar-refractivity contribution in [1.82, 2.24) is 10.2 Å². The van der Waals surface area contributed by atoms with Gasteiger partial charge in [-0.05, 0) is 31.1 Å². The molecule has 0 radical (unpaired) electrons. The van der Waals surface area contributed by atoms with E-state index >= 15 is 0 Å². The van der Waals surface area contributed by atoms with Crippen LogP contribution in [0.25, 0.3) is 0 Å². The Morgan fingerprint density at radius 3 is 2.30 bits per heavy atom. The number of nitrogens with one attached hydrogen (secondary N) is 1. The van der Waals surface area contributed by atoms with Crippen LogP contribution in [0.15, 0.2) is 0 Å². The third-order valence-electron chi connectivity index (χ3n) is 3.97. The van der Waals surface area contributed by atoms with E-state index in [0.29, 0.717) is 18.9 Å². The van der Waals surface area contributed by atoms with Crippen LogP contribution in [-0.2, 0) is 9.59 Å². The molecule has 116 valence electrons. The lowest BCUT2D eigenvalue weighted by Crippen LogP contribution is -2.53. The molecule has 1 aliphatic rings. The molecule has 20 heavy (non-hydrogen) atoms. The third-order valence-corrected chi connectivity index (χ3v) is 3.97. The Labute approximate surface area is 123 Å². The zero-order chi connectivity index (χ0) is 15.5. The average molecular weight is 282 g/mol. The van der Waals surface area contributed by atoms with Crippen LogP contribution in [0.4, 0.5) is 0 Å². The van der Waals surface area contributed by atoms with Gasteiger partial charge in [0, 0.05) is 19.0 Å². The predicted octanol–water partition coefficient (Wildman–Crippen LogP) is 2.57. The summed E-state index contributed by atoms with van der Waals surface area (Å²) in [5, 5.41) is 2.89. The Balaban J connectivity index is 2.84. The maximum atomic E-state index is 12.7. The minimum Gasteiger partial charge on any atom is -0.344 e. The highest BCUT2D eigenvalue weighted by atomic mass is 16.2. The SMILES string of the molecule is CC(C)CCC(C)N1CCC(=O)NC(C(C)(C)C)C1=O. The second-order valence-corrected chi connectivity index (χ2v) is 7.47. The number of carbonyl (C=O) groups excluding carboxylic acids is 2. The Morgan fingerprint density at radius 2 is 1.80 bits per heavy atom. The minimum atomic E-state index is -0.418. The van der Waals surface area contributed by atoms with Crippen LogP contribution < -0.4 is 5.32 Å². The topological polar surface area (TPSA) is 49.4 Å². The zero-order valence-electron chi connectivity index (χ0n) is 13.8. The second kappa shape index (κ2) is 6.59. The third kappa shape index (κ3) is 4.50. The van der Waals surface area contributed by atoms with E-state index < -0.39 is 6.04 Å². The first kappa shape index (κ1) is 17.0. The molecular formula is C16H30N2O2. The van der Waals surface area contributed by atoms with Crippen LogP contribution in [0.3, 0.4) is 0 Å². The molecule has 0 aromatic carbocycles. The van der Waals surface area contributed by atoms with E-state index in [4.69, 9.17) is 0 Å². The molecule has 1 saturated heterocycles. The van der Waals surface area contributed by atoms with Crippen LogP contribution in [0, 0.1) is 11.3 Å². The molecule has 0 bridgehead atoms. The summed E-state index contributed by atoms with van der Waals surface area (Å²) in [5.41, 5.74) is -0.257. The molecule has 0 aromatic heterocycles. The Kier molecular flexibility index (Phi) is 5.60. The standard InChI is InChI=1S/C16H30N2O2/c1-11(2)7-8-12(3)18-10-9-13(19)17-14(15(18)20)16(4,5)6/h11-12,14H,7-10H2,1-6H3,(H,17,19). The van der Waals surface area contributed by atoms with E-state index in [9.17, 15) is 9.59 Å². The fraction of sp³-hybridized carbons (Fsp3) is 0.875. The summed E-state index contributed by atoms with van der Waals surface area (Å²) in [7, 11) is 0. The maximum Gasteiger partial charge on any atom is 0.245 e. The summed E-state index contributed by atoms with van der Waals surface area (Å²) in [6.45, 7) is 13.0. The summed E-state index contributed by atoms with van der Waals surface area (Å²) in [5.74, 6) is 0.689. The van der Waals surface area contributed by atoms with Gasteiger partial charge in [-0.3, -0.25) is 9.59 Å². The van der Waals surface area contributed by atoms with Gasteiger partial charge in [0.1, 0.15) is 6.04 Å². The number of rotatable bonds is 4. The van der Waals surface area contributed by atoms with E-state index in [1.54, 1.807) is 0 Å². The number of carbonyl (C=O) groups is 2. The van der Waals surface area contributed by atoms with Crippen molar-refractivity contribution >= 4 is 11.8 Å². The lowest BCUT2D eigenvalue weighted by Gasteiger charge is -2.35. The van der Waals surface area contributed by atoms with Crippen molar-refractivity contribution in [3.05, 3.63) is 0 Å². The van der Waals surface area contributed by atoms with E-state index in [0.717, 1.165) is 12.8 Å². The number of hydrogen-bond acceptors (Lipinski definition) is 2. The van der Waals surface area contributed by atoms with Gasteiger partial charge in [0.15, 0.2) is 0 Å². The summed E-state index contributed by atoms with van der Waals surface area (Å²) in [6.07, 6.45) is 2.51. The molecule has 1 rings (SSSR count). The van der Waals surface area contributed by atoms with Gasteiger partial charge >= 0.3 is 0 Å². The number of amides is 2. The fourth-order valence-electron chi connectivity index (χ4n) is 2.55. The van der Waals surface area contributed by atoms with Gasteiger partial charge in [0.2, 0.25) is 11.8 Å². The first-order valence-corrected chi connectivity index (χ1v) is 7.72. The molecule has 1 fully saturated rings. The summed E-state index contributed by atoms with van der Waals surface area (Å²) in [6, 6.07) is -0.221. The molecule has 1 N–H and O–H groups in total. The van der Waals surface area contributed by atoms with Gasteiger partial charge < -0.3 is 10.2 Å². The van der Waals surface area contributed by atoms with E-state index in [-0.39, 0.29) is 23.3 Å². The molecule has 2 unspecified atom stereocenters. The summed E-state index contributed by atoms with van der Waals surface area (Å²) < 4.78 is 0. The monoisotopic (exact) mass is 282 g/mol. The van der Waals surface area contributed by atoms with Gasteiger partial charge in [-0.25, -0.2) is 0 Å². The van der Waals surface area contributed by atoms with Crippen LogP contribution >= 0.6 is 0 Å². The maximum absolute atomic E-state index is 12.7. The van der Waals surface area contributed by atoms with Crippen molar-refractivity contribution in [2.75, 3.05) is 6.54 Å².